The SMILES string of the molecule is C/C=C\C[C@@H](C)[C@H](O)C(C(=O)N[C@@H](CC)C(=O)N(C)CC(=O)N(C)[C@H](C(N)=O)C(C)CC)N(C)C(=O)[C@H](C(C)C)N(C)C(=O)[C@@H](CC(C)C)N(C)C(=O)[C@@H](CC(C)C)N(C)C(=O)[C@H](C)NC(=O)[C@@H](C)NC(=O)[C@H](CC(C)C)N(C)C(=O)[C@@H](C)C(C)C. The summed E-state index contributed by atoms with van der Waals surface area (Å²) < 4.78 is 0. The highest BCUT2D eigenvalue weighted by atomic mass is 16.3. The number of primary amides is 1. The van der Waals surface area contributed by atoms with Gasteiger partial charge in [0, 0.05) is 55.3 Å². The molecule has 0 saturated heterocycles. The highest BCUT2D eigenvalue weighted by Crippen LogP contribution is 2.26. The molecule has 0 aliphatic carbocycles. The van der Waals surface area contributed by atoms with E-state index in [2.05, 4.69) is 16.0 Å². The number of carbonyl (C=O) groups is 11. The first-order valence-corrected chi connectivity index (χ1v) is 30.9. The van der Waals surface area contributed by atoms with Gasteiger partial charge in [0.1, 0.15) is 54.4 Å². The minimum absolute atomic E-state index is 0.0381. The van der Waals surface area contributed by atoms with Crippen molar-refractivity contribution in [1.82, 2.24) is 50.2 Å². The van der Waals surface area contributed by atoms with Crippen molar-refractivity contribution in [3.8, 4) is 0 Å². The molecule has 23 nitrogen and oxygen atoms in total. The van der Waals surface area contributed by atoms with Gasteiger partial charge in [0.2, 0.25) is 65.0 Å². The molecule has 0 aromatic carbocycles. The average molecular weight is 1220 g/mol. The molecule has 13 atom stereocenters. The van der Waals surface area contributed by atoms with Crippen LogP contribution in [0, 0.1) is 47.3 Å². The van der Waals surface area contributed by atoms with Crippen LogP contribution in [0.1, 0.15) is 163 Å². The van der Waals surface area contributed by atoms with Crippen LogP contribution >= 0.6 is 0 Å². The largest absolute Gasteiger partial charge is 0.390 e. The smallest absolute Gasteiger partial charge is 0.246 e. The maximum Gasteiger partial charge on any atom is 0.246 e. The van der Waals surface area contributed by atoms with E-state index in [-0.39, 0.29) is 60.7 Å². The minimum Gasteiger partial charge on any atom is -0.390 e. The van der Waals surface area contributed by atoms with Crippen LogP contribution in [0.3, 0.4) is 0 Å². The second-order valence-electron chi connectivity index (χ2n) is 26.0. The number of allylic oxidation sites excluding steroid dienone is 2. The third kappa shape index (κ3) is 22.9. The van der Waals surface area contributed by atoms with Gasteiger partial charge in [-0.2, -0.15) is 0 Å². The Morgan fingerprint density at radius 3 is 1.33 bits per heavy atom. The molecule has 494 valence electrons. The molecule has 0 heterocycles. The van der Waals surface area contributed by atoms with Crippen molar-refractivity contribution in [1.29, 1.82) is 0 Å². The summed E-state index contributed by atoms with van der Waals surface area (Å²) in [6, 6.07) is -10.4. The highest BCUT2D eigenvalue weighted by molar-refractivity contribution is 5.98. The number of nitrogens with one attached hydrogen (secondary N) is 3. The molecule has 6 N–H and O–H groups in total. The van der Waals surface area contributed by atoms with E-state index >= 15 is 9.59 Å². The van der Waals surface area contributed by atoms with Crippen molar-refractivity contribution >= 4 is 65.0 Å². The molecule has 11 amide bonds. The lowest BCUT2D eigenvalue weighted by atomic mass is 9.91. The molecule has 0 rings (SSSR count). The number of aliphatic hydroxyl groups excluding tert-OH is 1. The van der Waals surface area contributed by atoms with Crippen LogP contribution < -0.4 is 21.7 Å². The van der Waals surface area contributed by atoms with E-state index in [1.54, 1.807) is 60.7 Å². The van der Waals surface area contributed by atoms with Gasteiger partial charge in [-0.05, 0) is 94.3 Å². The van der Waals surface area contributed by atoms with Crippen LogP contribution in [0.25, 0.3) is 0 Å². The molecule has 2 unspecified atom stereocenters. The third-order valence-corrected chi connectivity index (χ3v) is 16.7. The number of rotatable bonds is 36. The van der Waals surface area contributed by atoms with Crippen LogP contribution in [0.4, 0.5) is 0 Å². The molecule has 0 aromatic rings. The number of hydrogen-bond acceptors (Lipinski definition) is 12. The maximum absolute atomic E-state index is 15.1. The standard InChI is InChI=1S/C63H115N11O12/c1-26-29-30-41(15)53(76)52(57(80)67-45(28-3)60(83)68(19)34-49(75)72(23)51(54(64)77)40(14)27-2)74(25)63(86)50(39(12)13)73(24)62(85)48(33-37(8)9)71(22)61(84)47(32-36(6)7)70(21)59(82)44(18)66-55(78)43(17)65-56(79)46(31-35(4)5)69(20)58(81)42(16)38(10)11/h26,29,35-48,50-53,76H,27-28,30-34H2,1-25H3,(H2,64,77)(H,65,79)(H,66,78)(H,67,80)/b29-26-/t40?,41-,42+,43-,44+,45+,46+,47-,48-,50+,51+,52?,53+/m1/s1. The molecule has 0 saturated carbocycles. The first-order valence-electron chi connectivity index (χ1n) is 30.9. The van der Waals surface area contributed by atoms with E-state index in [1.807, 2.05) is 69.2 Å². The molecule has 23 heteroatoms. The van der Waals surface area contributed by atoms with Crippen LogP contribution in [-0.2, 0) is 52.7 Å². The summed E-state index contributed by atoms with van der Waals surface area (Å²) >= 11 is 0. The van der Waals surface area contributed by atoms with Crippen molar-refractivity contribution in [3.63, 3.8) is 0 Å². The van der Waals surface area contributed by atoms with Gasteiger partial charge in [-0.15, -0.1) is 0 Å². The molecular formula is C63H115N11O12. The van der Waals surface area contributed by atoms with Crippen LogP contribution in [0.2, 0.25) is 0 Å². The fourth-order valence-corrected chi connectivity index (χ4v) is 10.5. The molecule has 0 aliphatic rings. The van der Waals surface area contributed by atoms with Gasteiger partial charge in [-0.1, -0.05) is 122 Å². The number of nitrogens with two attached hydrogens (primary N) is 1. The zero-order valence-electron chi connectivity index (χ0n) is 57.1. The molecule has 0 aromatic heterocycles. The molecule has 0 fully saturated rings. The second-order valence-corrected chi connectivity index (χ2v) is 26.0. The summed E-state index contributed by atoms with van der Waals surface area (Å²) in [6.07, 6.45) is 3.68. The summed E-state index contributed by atoms with van der Waals surface area (Å²) in [5.74, 6) is -8.70. The van der Waals surface area contributed by atoms with E-state index < -0.39 is 138 Å². The first-order chi connectivity index (χ1) is 39.6. The van der Waals surface area contributed by atoms with Gasteiger partial charge in [-0.3, -0.25) is 52.7 Å². The van der Waals surface area contributed by atoms with Crippen LogP contribution in [0.15, 0.2) is 12.2 Å². The normalized spacial score (nSPS) is 16.3. The molecule has 86 heavy (non-hydrogen) atoms. The lowest BCUT2D eigenvalue weighted by Gasteiger charge is -2.41. The number of aliphatic hydroxyl groups is 1. The molecule has 0 spiro atoms. The minimum atomic E-state index is -1.60. The van der Waals surface area contributed by atoms with E-state index in [0.717, 1.165) is 9.80 Å². The number of likely N-dealkylation sites (N-methyl/N-ethyl adjacent to an activating group) is 7. The van der Waals surface area contributed by atoms with Gasteiger partial charge in [0.15, 0.2) is 0 Å². The second kappa shape index (κ2) is 36.9. The van der Waals surface area contributed by atoms with Crippen LogP contribution in [0.5, 0.6) is 0 Å². The maximum atomic E-state index is 15.1. The van der Waals surface area contributed by atoms with Gasteiger partial charge >= 0.3 is 0 Å². The summed E-state index contributed by atoms with van der Waals surface area (Å²) in [6.45, 7) is 31.7. The van der Waals surface area contributed by atoms with E-state index in [4.69, 9.17) is 5.73 Å². The third-order valence-electron chi connectivity index (χ3n) is 16.7. The Balaban J connectivity index is 7.07. The fraction of sp³-hybridized carbons (Fsp3) is 0.794. The van der Waals surface area contributed by atoms with Crippen molar-refractivity contribution in [2.24, 2.45) is 53.1 Å². The Morgan fingerprint density at radius 1 is 0.453 bits per heavy atom. The van der Waals surface area contributed by atoms with Gasteiger partial charge < -0.3 is 61.1 Å². The Kier molecular flexibility index (Phi) is 34.3. The Bertz CT molecular complexity index is 2310. The van der Waals surface area contributed by atoms with Crippen molar-refractivity contribution in [3.05, 3.63) is 12.2 Å². The van der Waals surface area contributed by atoms with E-state index in [9.17, 15) is 48.3 Å². The topological polar surface area (TPSA) is 293 Å². The lowest BCUT2D eigenvalue weighted by Crippen LogP contribution is -2.63. The molecule has 0 aliphatic heterocycles. The van der Waals surface area contributed by atoms with Crippen molar-refractivity contribution < 1.29 is 57.8 Å². The van der Waals surface area contributed by atoms with E-state index in [1.165, 1.54) is 80.6 Å². The monoisotopic (exact) mass is 1220 g/mol. The number of amides is 11. The zero-order valence-corrected chi connectivity index (χ0v) is 57.1. The van der Waals surface area contributed by atoms with Crippen molar-refractivity contribution in [2.45, 2.75) is 224 Å². The molecule has 0 radical (unpaired) electrons. The Hall–Kier alpha value is -6.13. The Labute approximate surface area is 516 Å². The van der Waals surface area contributed by atoms with Gasteiger partial charge in [0.25, 0.3) is 0 Å². The Morgan fingerprint density at radius 2 is 0.895 bits per heavy atom. The van der Waals surface area contributed by atoms with Gasteiger partial charge in [0.05, 0.1) is 12.6 Å². The first kappa shape index (κ1) is 79.9. The number of carbonyl (C=O) groups excluding carboxylic acids is 11. The van der Waals surface area contributed by atoms with Crippen molar-refractivity contribution in [2.75, 3.05) is 55.9 Å². The molecule has 0 bridgehead atoms. The summed E-state index contributed by atoms with van der Waals surface area (Å²) in [4.78, 5) is 163. The summed E-state index contributed by atoms with van der Waals surface area (Å²) in [5.41, 5.74) is 5.65. The lowest BCUT2D eigenvalue weighted by molar-refractivity contribution is -0.157. The van der Waals surface area contributed by atoms with E-state index in [0.29, 0.717) is 19.3 Å². The van der Waals surface area contributed by atoms with Crippen LogP contribution in [-0.4, -0.2) is 221 Å². The average Bonchev–Trinajstić information content (AvgIpc) is 1.69. The number of hydrogen-bond donors (Lipinski definition) is 5. The zero-order chi connectivity index (χ0) is 67.3. The quantitative estimate of drug-likeness (QED) is 0.0559. The predicted octanol–water partition coefficient (Wildman–Crippen LogP) is 3.89. The predicted molar refractivity (Wildman–Crippen MR) is 335 cm³/mol. The van der Waals surface area contributed by atoms with Gasteiger partial charge in [-0.25, -0.2) is 0 Å². The summed E-state index contributed by atoms with van der Waals surface area (Å²) in [7, 11) is 10.1. The summed E-state index contributed by atoms with van der Waals surface area (Å²) in [5, 5.41) is 20.1. The fourth-order valence-electron chi connectivity index (χ4n) is 10.5. The molecular weight excluding hydrogens is 1100 g/mol. The highest BCUT2D eigenvalue weighted by Gasteiger charge is 2.45. The number of nitrogens with zero attached hydrogens (tertiary/aromatic N) is 7.